The van der Waals surface area contributed by atoms with Gasteiger partial charge in [0.05, 0.1) is 4.99 Å². The number of rotatable bonds is 4. The first-order chi connectivity index (χ1) is 9.10. The molecule has 0 aromatic carbocycles. The average molecular weight is 286 g/mol. The van der Waals surface area contributed by atoms with Gasteiger partial charge in [-0.2, -0.15) is 0 Å². The van der Waals surface area contributed by atoms with Crippen LogP contribution in [0.3, 0.4) is 0 Å². The van der Waals surface area contributed by atoms with Crippen LogP contribution in [0.5, 0.6) is 0 Å². The van der Waals surface area contributed by atoms with Gasteiger partial charge in [-0.3, -0.25) is 4.79 Å². The molecule has 0 bridgehead atoms. The van der Waals surface area contributed by atoms with Gasteiger partial charge in [0.2, 0.25) is 5.91 Å². The molecule has 3 N–H and O–H groups in total. The Morgan fingerprint density at radius 3 is 2.74 bits per heavy atom. The zero-order valence-electron chi connectivity index (χ0n) is 11.1. The van der Waals surface area contributed by atoms with E-state index in [1.165, 1.54) is 0 Å². The van der Waals surface area contributed by atoms with Crippen molar-refractivity contribution in [1.82, 2.24) is 4.90 Å². The van der Waals surface area contributed by atoms with Crippen LogP contribution in [-0.2, 0) is 9.53 Å². The Bertz CT molecular complexity index is 356. The summed E-state index contributed by atoms with van der Waals surface area (Å²) in [5.41, 5.74) is 5.15. The van der Waals surface area contributed by atoms with Crippen LogP contribution in [0.15, 0.2) is 0 Å². The van der Waals surface area contributed by atoms with E-state index in [-0.39, 0.29) is 12.5 Å². The summed E-state index contributed by atoms with van der Waals surface area (Å²) in [6.45, 7) is 2.72. The number of carbonyl (C=O) groups excluding carboxylic acids is 1. The van der Waals surface area contributed by atoms with Crippen molar-refractivity contribution in [2.24, 2.45) is 17.1 Å². The van der Waals surface area contributed by atoms with Gasteiger partial charge < -0.3 is 20.5 Å². The van der Waals surface area contributed by atoms with Gasteiger partial charge >= 0.3 is 0 Å². The first-order valence-electron chi connectivity index (χ1n) is 6.88. The van der Waals surface area contributed by atoms with Crippen molar-refractivity contribution in [2.45, 2.75) is 25.7 Å². The van der Waals surface area contributed by atoms with Gasteiger partial charge in [0, 0.05) is 32.9 Å². The molecule has 0 aromatic heterocycles. The highest BCUT2D eigenvalue weighted by Gasteiger charge is 2.46. The molecular weight excluding hydrogens is 264 g/mol. The van der Waals surface area contributed by atoms with Crippen LogP contribution in [0.2, 0.25) is 0 Å². The van der Waals surface area contributed by atoms with Crippen molar-refractivity contribution < 1.29 is 14.6 Å². The molecule has 2 heterocycles. The molecule has 2 aliphatic rings. The van der Waals surface area contributed by atoms with Crippen LogP contribution < -0.4 is 5.73 Å². The molecule has 0 spiro atoms. The Hall–Kier alpha value is -0.720. The minimum atomic E-state index is -0.707. The van der Waals surface area contributed by atoms with Crippen LogP contribution in [-0.4, -0.2) is 53.8 Å². The number of carbonyl (C=O) groups is 1. The normalized spacial score (nSPS) is 26.4. The molecule has 5 nitrogen and oxygen atoms in total. The highest BCUT2D eigenvalue weighted by molar-refractivity contribution is 7.80. The molecule has 0 aromatic rings. The number of ether oxygens (including phenoxy) is 1. The number of amides is 1. The Morgan fingerprint density at radius 2 is 2.16 bits per heavy atom. The van der Waals surface area contributed by atoms with Crippen molar-refractivity contribution in [1.29, 1.82) is 0 Å². The van der Waals surface area contributed by atoms with Gasteiger partial charge in [-0.05, 0) is 31.6 Å². The molecule has 2 saturated heterocycles. The van der Waals surface area contributed by atoms with E-state index in [9.17, 15) is 4.79 Å². The summed E-state index contributed by atoms with van der Waals surface area (Å²) in [7, 11) is 0. The molecule has 0 aliphatic carbocycles. The van der Waals surface area contributed by atoms with Gasteiger partial charge in [0.25, 0.3) is 0 Å². The SMILES string of the molecule is NC(=S)C1(C(=O)N2CCC(CCO)C2)CCOCC1. The van der Waals surface area contributed by atoms with E-state index in [0.29, 0.717) is 43.5 Å². The second-order valence-electron chi connectivity index (χ2n) is 5.48. The van der Waals surface area contributed by atoms with E-state index in [4.69, 9.17) is 27.8 Å². The Kier molecular flexibility index (Phi) is 4.76. The summed E-state index contributed by atoms with van der Waals surface area (Å²) in [5.74, 6) is 0.459. The van der Waals surface area contributed by atoms with E-state index < -0.39 is 5.41 Å². The summed E-state index contributed by atoms with van der Waals surface area (Å²) < 4.78 is 5.33. The maximum Gasteiger partial charge on any atom is 0.235 e. The lowest BCUT2D eigenvalue weighted by Crippen LogP contribution is -2.52. The predicted molar refractivity (Wildman–Crippen MR) is 75.7 cm³/mol. The topological polar surface area (TPSA) is 75.8 Å². The molecule has 2 aliphatic heterocycles. The summed E-state index contributed by atoms with van der Waals surface area (Å²) in [6, 6.07) is 0. The van der Waals surface area contributed by atoms with E-state index in [1.807, 2.05) is 4.90 Å². The lowest BCUT2D eigenvalue weighted by atomic mass is 9.78. The van der Waals surface area contributed by atoms with Crippen molar-refractivity contribution in [3.05, 3.63) is 0 Å². The quantitative estimate of drug-likeness (QED) is 0.727. The van der Waals surface area contributed by atoms with E-state index in [0.717, 1.165) is 19.4 Å². The first-order valence-corrected chi connectivity index (χ1v) is 7.29. The third-order valence-electron chi connectivity index (χ3n) is 4.34. The highest BCUT2D eigenvalue weighted by Crippen LogP contribution is 2.35. The highest BCUT2D eigenvalue weighted by atomic mass is 32.1. The van der Waals surface area contributed by atoms with Crippen LogP contribution >= 0.6 is 12.2 Å². The van der Waals surface area contributed by atoms with Crippen LogP contribution in [0.4, 0.5) is 0 Å². The van der Waals surface area contributed by atoms with Crippen LogP contribution in [0.1, 0.15) is 25.7 Å². The number of thiocarbonyl (C=S) groups is 1. The first kappa shape index (κ1) is 14.7. The third kappa shape index (κ3) is 2.90. The van der Waals surface area contributed by atoms with Gasteiger partial charge in [0.15, 0.2) is 0 Å². The molecule has 0 saturated carbocycles. The van der Waals surface area contributed by atoms with Crippen molar-refractivity contribution >= 4 is 23.1 Å². The Labute approximate surface area is 119 Å². The van der Waals surface area contributed by atoms with Crippen LogP contribution in [0.25, 0.3) is 0 Å². The fourth-order valence-electron chi connectivity index (χ4n) is 3.02. The minimum Gasteiger partial charge on any atom is -0.396 e. The number of hydrogen-bond donors (Lipinski definition) is 2. The lowest BCUT2D eigenvalue weighted by molar-refractivity contribution is -0.141. The second kappa shape index (κ2) is 6.15. The zero-order chi connectivity index (χ0) is 13.9. The minimum absolute atomic E-state index is 0.0590. The average Bonchev–Trinajstić information content (AvgIpc) is 2.87. The molecule has 19 heavy (non-hydrogen) atoms. The van der Waals surface area contributed by atoms with Crippen molar-refractivity contribution in [2.75, 3.05) is 32.9 Å². The molecule has 1 atom stereocenters. The number of hydrogen-bond acceptors (Lipinski definition) is 4. The number of likely N-dealkylation sites (tertiary alicyclic amines) is 1. The summed E-state index contributed by atoms with van der Waals surface area (Å²) in [6.07, 6.45) is 2.88. The number of nitrogens with two attached hydrogens (primary N) is 1. The molecular formula is C13H22N2O3S. The monoisotopic (exact) mass is 286 g/mol. The number of nitrogens with zero attached hydrogens (tertiary/aromatic N) is 1. The van der Waals surface area contributed by atoms with Crippen molar-refractivity contribution in [3.8, 4) is 0 Å². The zero-order valence-corrected chi connectivity index (χ0v) is 12.0. The molecule has 2 fully saturated rings. The maximum atomic E-state index is 12.8. The Morgan fingerprint density at radius 1 is 1.47 bits per heavy atom. The standard InChI is InChI=1S/C13H22N2O3S/c14-11(19)13(3-7-18-8-4-13)12(17)15-5-1-10(9-15)2-6-16/h10,16H,1-9H2,(H2,14,19). The molecule has 2 rings (SSSR count). The summed E-state index contributed by atoms with van der Waals surface area (Å²) in [5, 5.41) is 8.98. The van der Waals surface area contributed by atoms with Crippen molar-refractivity contribution in [3.63, 3.8) is 0 Å². The van der Waals surface area contributed by atoms with Gasteiger partial charge in [-0.1, -0.05) is 12.2 Å². The smallest absolute Gasteiger partial charge is 0.235 e. The molecule has 6 heteroatoms. The number of aliphatic hydroxyl groups is 1. The van der Waals surface area contributed by atoms with Gasteiger partial charge in [-0.25, -0.2) is 0 Å². The van der Waals surface area contributed by atoms with Gasteiger partial charge in [-0.15, -0.1) is 0 Å². The van der Waals surface area contributed by atoms with E-state index in [2.05, 4.69) is 0 Å². The summed E-state index contributed by atoms with van der Waals surface area (Å²) in [4.78, 5) is 14.9. The van der Waals surface area contributed by atoms with Gasteiger partial charge in [0.1, 0.15) is 5.41 Å². The summed E-state index contributed by atoms with van der Waals surface area (Å²) >= 11 is 5.15. The molecule has 1 amide bonds. The maximum absolute atomic E-state index is 12.8. The third-order valence-corrected chi connectivity index (χ3v) is 4.73. The Balaban J connectivity index is 2.06. The van der Waals surface area contributed by atoms with E-state index in [1.54, 1.807) is 0 Å². The predicted octanol–water partition coefficient (Wildman–Crippen LogP) is 0.300. The molecule has 1 unspecified atom stereocenters. The molecule has 108 valence electrons. The number of aliphatic hydroxyl groups excluding tert-OH is 1. The second-order valence-corrected chi connectivity index (χ2v) is 5.92. The van der Waals surface area contributed by atoms with E-state index >= 15 is 0 Å². The lowest BCUT2D eigenvalue weighted by Gasteiger charge is -2.37. The fourth-order valence-corrected chi connectivity index (χ4v) is 3.31. The fraction of sp³-hybridized carbons (Fsp3) is 0.846. The largest absolute Gasteiger partial charge is 0.396 e. The molecule has 0 radical (unpaired) electrons. The van der Waals surface area contributed by atoms with Crippen LogP contribution in [0, 0.1) is 11.3 Å².